The molecule has 0 saturated carbocycles. The van der Waals surface area contributed by atoms with Crippen LogP contribution >= 0.6 is 0 Å². The number of carbonyl (C=O) groups is 1. The van der Waals surface area contributed by atoms with Crippen molar-refractivity contribution in [2.75, 3.05) is 0 Å². The Hall–Kier alpha value is -0.590. The van der Waals surface area contributed by atoms with Crippen molar-refractivity contribution in [1.82, 2.24) is 0 Å². The van der Waals surface area contributed by atoms with Crippen molar-refractivity contribution < 1.29 is 4.79 Å². The Kier molecular flexibility index (Phi) is 5.81. The van der Waals surface area contributed by atoms with Crippen molar-refractivity contribution in [1.29, 1.82) is 0 Å². The van der Waals surface area contributed by atoms with Crippen molar-refractivity contribution in [3.8, 4) is 0 Å². The largest absolute Gasteiger partial charge is 0.303 e. The molecular formula is C10H18O. The summed E-state index contributed by atoms with van der Waals surface area (Å²) in [6.07, 6.45) is 6.08. The van der Waals surface area contributed by atoms with Crippen LogP contribution in [0.1, 0.15) is 40.0 Å². The molecule has 0 aromatic heterocycles. The number of hydrogen-bond donors (Lipinski definition) is 0. The highest BCUT2D eigenvalue weighted by atomic mass is 16.1. The van der Waals surface area contributed by atoms with Gasteiger partial charge in [0.2, 0.25) is 0 Å². The number of allylic oxidation sites excluding steroid dienone is 2. The lowest BCUT2D eigenvalue weighted by atomic mass is 10.0. The van der Waals surface area contributed by atoms with E-state index in [1.54, 1.807) is 0 Å². The highest BCUT2D eigenvalue weighted by Gasteiger charge is 1.97. The van der Waals surface area contributed by atoms with Gasteiger partial charge in [-0.15, -0.1) is 0 Å². The Morgan fingerprint density at radius 3 is 2.27 bits per heavy atom. The average Bonchev–Trinajstić information content (AvgIpc) is 2.01. The standard InChI is InChI=1S/C10H18O/c1-4-10(5-2)8-9(3)6-7-11/h7-9H,4-6H2,1-3H3. The zero-order chi connectivity index (χ0) is 8.69. The van der Waals surface area contributed by atoms with Crippen molar-refractivity contribution in [3.05, 3.63) is 11.6 Å². The Morgan fingerprint density at radius 1 is 1.36 bits per heavy atom. The highest BCUT2D eigenvalue weighted by Crippen LogP contribution is 2.11. The number of rotatable bonds is 5. The minimum Gasteiger partial charge on any atom is -0.303 e. The smallest absolute Gasteiger partial charge is 0.120 e. The molecule has 0 spiro atoms. The van der Waals surface area contributed by atoms with E-state index in [2.05, 4.69) is 26.8 Å². The molecule has 0 saturated heterocycles. The molecule has 1 heteroatoms. The van der Waals surface area contributed by atoms with Gasteiger partial charge in [-0.1, -0.05) is 32.4 Å². The van der Waals surface area contributed by atoms with Gasteiger partial charge in [-0.25, -0.2) is 0 Å². The van der Waals surface area contributed by atoms with Crippen LogP contribution in [0.3, 0.4) is 0 Å². The molecule has 0 bridgehead atoms. The van der Waals surface area contributed by atoms with Crippen LogP contribution in [-0.2, 0) is 4.79 Å². The predicted octanol–water partition coefficient (Wildman–Crippen LogP) is 2.96. The summed E-state index contributed by atoms with van der Waals surface area (Å²) in [5, 5.41) is 0. The van der Waals surface area contributed by atoms with Crippen LogP contribution in [-0.4, -0.2) is 6.29 Å². The molecule has 0 rings (SSSR count). The van der Waals surface area contributed by atoms with Crippen LogP contribution in [0.4, 0.5) is 0 Å². The van der Waals surface area contributed by atoms with E-state index < -0.39 is 0 Å². The Balaban J connectivity index is 3.91. The van der Waals surface area contributed by atoms with Crippen molar-refractivity contribution >= 4 is 6.29 Å². The molecule has 0 aliphatic carbocycles. The molecule has 0 aliphatic rings. The third-order valence-corrected chi connectivity index (χ3v) is 1.90. The van der Waals surface area contributed by atoms with E-state index >= 15 is 0 Å². The molecular weight excluding hydrogens is 136 g/mol. The van der Waals surface area contributed by atoms with Gasteiger partial charge < -0.3 is 4.79 Å². The first-order valence-corrected chi connectivity index (χ1v) is 4.37. The van der Waals surface area contributed by atoms with Gasteiger partial charge in [0.15, 0.2) is 0 Å². The van der Waals surface area contributed by atoms with E-state index in [4.69, 9.17) is 0 Å². The minimum absolute atomic E-state index is 0.419. The minimum atomic E-state index is 0.419. The Morgan fingerprint density at radius 2 is 1.91 bits per heavy atom. The third-order valence-electron chi connectivity index (χ3n) is 1.90. The quantitative estimate of drug-likeness (QED) is 0.439. The van der Waals surface area contributed by atoms with Gasteiger partial charge in [0.25, 0.3) is 0 Å². The van der Waals surface area contributed by atoms with Crippen molar-refractivity contribution in [2.45, 2.75) is 40.0 Å². The zero-order valence-electron chi connectivity index (χ0n) is 7.76. The highest BCUT2D eigenvalue weighted by molar-refractivity contribution is 5.50. The van der Waals surface area contributed by atoms with Crippen LogP contribution in [0.25, 0.3) is 0 Å². The van der Waals surface area contributed by atoms with E-state index in [0.717, 1.165) is 19.1 Å². The van der Waals surface area contributed by atoms with Crippen LogP contribution < -0.4 is 0 Å². The SMILES string of the molecule is CCC(=CC(C)CC=O)CC. The molecule has 0 aliphatic heterocycles. The van der Waals surface area contributed by atoms with Gasteiger partial charge in [0, 0.05) is 6.42 Å². The monoisotopic (exact) mass is 154 g/mol. The van der Waals surface area contributed by atoms with Crippen LogP contribution in [0.5, 0.6) is 0 Å². The molecule has 1 nitrogen and oxygen atoms in total. The van der Waals surface area contributed by atoms with Crippen LogP contribution in [0.15, 0.2) is 11.6 Å². The van der Waals surface area contributed by atoms with Crippen LogP contribution in [0, 0.1) is 5.92 Å². The Bertz CT molecular complexity index is 130. The molecule has 64 valence electrons. The van der Waals surface area contributed by atoms with Gasteiger partial charge in [-0.2, -0.15) is 0 Å². The molecule has 1 unspecified atom stereocenters. The van der Waals surface area contributed by atoms with Crippen LogP contribution in [0.2, 0.25) is 0 Å². The summed E-state index contributed by atoms with van der Waals surface area (Å²) in [4.78, 5) is 10.1. The summed E-state index contributed by atoms with van der Waals surface area (Å²) in [5.74, 6) is 0.419. The molecule has 0 aromatic carbocycles. The second-order valence-electron chi connectivity index (χ2n) is 2.91. The van der Waals surface area contributed by atoms with Gasteiger partial charge >= 0.3 is 0 Å². The normalized spacial score (nSPS) is 12.3. The molecule has 0 fully saturated rings. The van der Waals surface area contributed by atoms with E-state index in [9.17, 15) is 4.79 Å². The predicted molar refractivity (Wildman–Crippen MR) is 48.5 cm³/mol. The van der Waals surface area contributed by atoms with E-state index in [0.29, 0.717) is 12.3 Å². The first kappa shape index (κ1) is 10.4. The van der Waals surface area contributed by atoms with Gasteiger partial charge in [0.05, 0.1) is 0 Å². The second kappa shape index (κ2) is 6.14. The van der Waals surface area contributed by atoms with E-state index in [1.807, 2.05) is 0 Å². The van der Waals surface area contributed by atoms with E-state index in [-0.39, 0.29) is 0 Å². The molecule has 0 radical (unpaired) electrons. The summed E-state index contributed by atoms with van der Waals surface area (Å²) < 4.78 is 0. The molecule has 0 N–H and O–H groups in total. The number of hydrogen-bond acceptors (Lipinski definition) is 1. The fraction of sp³-hybridized carbons (Fsp3) is 0.700. The van der Waals surface area contributed by atoms with Gasteiger partial charge in [0.1, 0.15) is 6.29 Å². The topological polar surface area (TPSA) is 17.1 Å². The fourth-order valence-corrected chi connectivity index (χ4v) is 1.11. The molecule has 0 heterocycles. The molecule has 1 atom stereocenters. The summed E-state index contributed by atoms with van der Waals surface area (Å²) >= 11 is 0. The summed E-state index contributed by atoms with van der Waals surface area (Å²) in [6, 6.07) is 0. The van der Waals surface area contributed by atoms with E-state index in [1.165, 1.54) is 5.57 Å². The first-order chi connectivity index (χ1) is 5.24. The second-order valence-corrected chi connectivity index (χ2v) is 2.91. The zero-order valence-corrected chi connectivity index (χ0v) is 7.76. The summed E-state index contributed by atoms with van der Waals surface area (Å²) in [6.45, 7) is 6.39. The lowest BCUT2D eigenvalue weighted by molar-refractivity contribution is -0.108. The van der Waals surface area contributed by atoms with Gasteiger partial charge in [-0.3, -0.25) is 0 Å². The first-order valence-electron chi connectivity index (χ1n) is 4.37. The maximum absolute atomic E-state index is 10.1. The summed E-state index contributed by atoms with van der Waals surface area (Å²) in [7, 11) is 0. The van der Waals surface area contributed by atoms with Gasteiger partial charge in [-0.05, 0) is 18.8 Å². The molecule has 0 amide bonds. The summed E-state index contributed by atoms with van der Waals surface area (Å²) in [5.41, 5.74) is 1.46. The van der Waals surface area contributed by atoms with Crippen molar-refractivity contribution in [3.63, 3.8) is 0 Å². The fourth-order valence-electron chi connectivity index (χ4n) is 1.11. The number of carbonyl (C=O) groups excluding carboxylic acids is 1. The maximum Gasteiger partial charge on any atom is 0.120 e. The maximum atomic E-state index is 10.1. The lowest BCUT2D eigenvalue weighted by Crippen LogP contribution is -1.92. The number of aldehydes is 1. The lowest BCUT2D eigenvalue weighted by Gasteiger charge is -2.04. The average molecular weight is 154 g/mol. The van der Waals surface area contributed by atoms with Crippen molar-refractivity contribution in [2.24, 2.45) is 5.92 Å². The third kappa shape index (κ3) is 4.77. The Labute approximate surface area is 69.5 Å². The molecule has 0 aromatic rings. The molecule has 11 heavy (non-hydrogen) atoms.